The van der Waals surface area contributed by atoms with Gasteiger partial charge in [-0.15, -0.1) is 0 Å². The maximum atomic E-state index is 5.80. The SMILES string of the molecule is Clc1cc(Cl)c(P(Cl)Cl)cc1Cl. The van der Waals surface area contributed by atoms with Crippen molar-refractivity contribution in [1.82, 2.24) is 0 Å². The summed E-state index contributed by atoms with van der Waals surface area (Å²) >= 11 is 28.6. The zero-order valence-corrected chi connectivity index (χ0v) is 10.2. The van der Waals surface area contributed by atoms with Crippen molar-refractivity contribution in [1.29, 1.82) is 0 Å². The third kappa shape index (κ3) is 2.54. The molecule has 6 heteroatoms. The van der Waals surface area contributed by atoms with E-state index in [0.717, 1.165) is 0 Å². The van der Waals surface area contributed by atoms with E-state index in [0.29, 0.717) is 20.4 Å². The van der Waals surface area contributed by atoms with Crippen molar-refractivity contribution in [2.24, 2.45) is 0 Å². The average Bonchev–Trinajstić information content (AvgIpc) is 1.96. The molecule has 0 saturated heterocycles. The van der Waals surface area contributed by atoms with Crippen LogP contribution in [0.4, 0.5) is 0 Å². The third-order valence-electron chi connectivity index (χ3n) is 1.17. The Morgan fingerprint density at radius 3 is 1.83 bits per heavy atom. The first-order valence-corrected chi connectivity index (χ1v) is 7.07. The molecule has 0 bridgehead atoms. The summed E-state index contributed by atoms with van der Waals surface area (Å²) < 4.78 is 0. The van der Waals surface area contributed by atoms with Crippen LogP contribution < -0.4 is 5.30 Å². The first kappa shape index (κ1) is 11.2. The van der Waals surface area contributed by atoms with Gasteiger partial charge >= 0.3 is 0 Å². The van der Waals surface area contributed by atoms with E-state index in [9.17, 15) is 0 Å². The summed E-state index contributed by atoms with van der Waals surface area (Å²) in [5, 5.41) is 1.88. The summed E-state index contributed by atoms with van der Waals surface area (Å²) in [7, 11) is 0. The highest BCUT2D eigenvalue weighted by Crippen LogP contribution is 2.48. The second-order valence-electron chi connectivity index (χ2n) is 1.95. The second kappa shape index (κ2) is 4.55. The summed E-state index contributed by atoms with van der Waals surface area (Å²) in [5.41, 5.74) is 0. The molecular formula is C6H2Cl5P. The Balaban J connectivity index is 3.23. The Kier molecular flexibility index (Phi) is 4.24. The zero-order valence-electron chi connectivity index (χ0n) is 5.49. The third-order valence-corrected chi connectivity index (χ3v) is 4.17. The molecule has 0 heterocycles. The fraction of sp³-hybridized carbons (Fsp3) is 0. The fourth-order valence-corrected chi connectivity index (χ4v) is 3.07. The minimum Gasteiger partial charge on any atom is -0.0835 e. The molecule has 0 aliphatic carbocycles. The van der Waals surface area contributed by atoms with Crippen molar-refractivity contribution in [2.45, 2.75) is 0 Å². The van der Waals surface area contributed by atoms with Gasteiger partial charge in [0.05, 0.1) is 15.1 Å². The lowest BCUT2D eigenvalue weighted by molar-refractivity contribution is 1.76. The number of benzene rings is 1. The van der Waals surface area contributed by atoms with Crippen LogP contribution in [0, 0.1) is 0 Å². The van der Waals surface area contributed by atoms with Gasteiger partial charge in [0.15, 0.2) is 0 Å². The van der Waals surface area contributed by atoms with E-state index in [1.54, 1.807) is 6.07 Å². The topological polar surface area (TPSA) is 0 Å². The van der Waals surface area contributed by atoms with Crippen molar-refractivity contribution >= 4 is 69.2 Å². The smallest absolute Gasteiger partial charge is 0.0835 e. The van der Waals surface area contributed by atoms with Gasteiger partial charge in [0, 0.05) is 5.30 Å². The highest BCUT2D eigenvalue weighted by Gasteiger charge is 2.11. The molecule has 12 heavy (non-hydrogen) atoms. The molecule has 0 aromatic heterocycles. The van der Waals surface area contributed by atoms with Crippen molar-refractivity contribution in [3.05, 3.63) is 27.2 Å². The first-order valence-electron chi connectivity index (χ1n) is 2.78. The van der Waals surface area contributed by atoms with E-state index in [1.807, 2.05) is 0 Å². The predicted molar refractivity (Wildman–Crippen MR) is 59.7 cm³/mol. The lowest BCUT2D eigenvalue weighted by Crippen LogP contribution is -1.96. The molecule has 1 aromatic rings. The molecule has 66 valence electrons. The molecule has 1 aromatic carbocycles. The van der Waals surface area contributed by atoms with Crippen LogP contribution in [0.1, 0.15) is 0 Å². The predicted octanol–water partition coefficient (Wildman–Crippen LogP) is 5.06. The van der Waals surface area contributed by atoms with Gasteiger partial charge in [-0.1, -0.05) is 57.3 Å². The molecule has 0 N–H and O–H groups in total. The van der Waals surface area contributed by atoms with Gasteiger partial charge < -0.3 is 0 Å². The Morgan fingerprint density at radius 1 is 0.833 bits per heavy atom. The van der Waals surface area contributed by atoms with E-state index in [1.165, 1.54) is 6.07 Å². The highest BCUT2D eigenvalue weighted by atomic mass is 35.9. The van der Waals surface area contributed by atoms with Gasteiger partial charge in [-0.3, -0.25) is 0 Å². The molecule has 0 amide bonds. The van der Waals surface area contributed by atoms with Crippen LogP contribution in [0.25, 0.3) is 0 Å². The Bertz CT molecular complexity index is 298. The average molecular weight is 282 g/mol. The normalized spacial score (nSPS) is 10.8. The van der Waals surface area contributed by atoms with Gasteiger partial charge in [0.25, 0.3) is 0 Å². The minimum atomic E-state index is -1.28. The van der Waals surface area contributed by atoms with Crippen LogP contribution in [0.2, 0.25) is 15.1 Å². The maximum absolute atomic E-state index is 5.80. The Morgan fingerprint density at radius 2 is 1.33 bits per heavy atom. The van der Waals surface area contributed by atoms with E-state index in [-0.39, 0.29) is 0 Å². The van der Waals surface area contributed by atoms with Gasteiger partial charge in [-0.25, -0.2) is 0 Å². The Labute approximate surface area is 96.0 Å². The highest BCUT2D eigenvalue weighted by molar-refractivity contribution is 8.09. The van der Waals surface area contributed by atoms with Crippen molar-refractivity contribution in [2.75, 3.05) is 0 Å². The van der Waals surface area contributed by atoms with Crippen LogP contribution >= 0.6 is 63.9 Å². The quantitative estimate of drug-likeness (QED) is 0.499. The van der Waals surface area contributed by atoms with Gasteiger partial charge in [-0.05, 0) is 12.1 Å². The number of halogens is 5. The number of hydrogen-bond acceptors (Lipinski definition) is 0. The van der Waals surface area contributed by atoms with E-state index in [2.05, 4.69) is 0 Å². The van der Waals surface area contributed by atoms with Crippen LogP contribution in [-0.4, -0.2) is 0 Å². The molecule has 0 saturated carbocycles. The van der Waals surface area contributed by atoms with Crippen LogP contribution in [-0.2, 0) is 0 Å². The van der Waals surface area contributed by atoms with Crippen molar-refractivity contribution < 1.29 is 0 Å². The van der Waals surface area contributed by atoms with E-state index < -0.39 is 6.63 Å². The Hall–Kier alpha value is 1.10. The molecule has 0 fully saturated rings. The van der Waals surface area contributed by atoms with E-state index >= 15 is 0 Å². The lowest BCUT2D eigenvalue weighted by Gasteiger charge is -2.05. The molecular weight excluding hydrogens is 280 g/mol. The summed E-state index contributed by atoms with van der Waals surface area (Å²) in [6.45, 7) is -1.28. The molecule has 0 radical (unpaired) electrons. The summed E-state index contributed by atoms with van der Waals surface area (Å²) in [6, 6.07) is 3.11. The number of hydrogen-bond donors (Lipinski definition) is 0. The molecule has 0 unspecified atom stereocenters. The molecule has 0 aliphatic rings. The van der Waals surface area contributed by atoms with Crippen LogP contribution in [0.15, 0.2) is 12.1 Å². The van der Waals surface area contributed by atoms with Crippen LogP contribution in [0.5, 0.6) is 0 Å². The van der Waals surface area contributed by atoms with Crippen molar-refractivity contribution in [3.8, 4) is 0 Å². The molecule has 0 aliphatic heterocycles. The molecule has 1 rings (SSSR count). The molecule has 0 nitrogen and oxygen atoms in total. The number of rotatable bonds is 1. The molecule has 0 spiro atoms. The zero-order chi connectivity index (χ0) is 9.30. The van der Waals surface area contributed by atoms with Crippen molar-refractivity contribution in [3.63, 3.8) is 0 Å². The van der Waals surface area contributed by atoms with E-state index in [4.69, 9.17) is 57.3 Å². The summed E-state index contributed by atoms with van der Waals surface area (Å²) in [6.07, 6.45) is 0. The lowest BCUT2D eigenvalue weighted by atomic mass is 10.4. The standard InChI is InChI=1S/C6H2Cl5P/c7-3-1-5(9)6(12(10)11)2-4(3)8/h1-2H. The minimum absolute atomic E-state index is 0.399. The fourth-order valence-electron chi connectivity index (χ4n) is 0.642. The monoisotopic (exact) mass is 280 g/mol. The maximum Gasteiger partial charge on any atom is 0.118 e. The first-order chi connectivity index (χ1) is 5.52. The second-order valence-corrected chi connectivity index (χ2v) is 6.67. The largest absolute Gasteiger partial charge is 0.118 e. The summed E-state index contributed by atoms with van der Waals surface area (Å²) in [4.78, 5) is 0. The van der Waals surface area contributed by atoms with Crippen LogP contribution in [0.3, 0.4) is 0 Å². The van der Waals surface area contributed by atoms with Gasteiger partial charge in [0.1, 0.15) is 6.63 Å². The molecule has 0 atom stereocenters. The summed E-state index contributed by atoms with van der Waals surface area (Å²) in [5.74, 6) is 0. The van der Waals surface area contributed by atoms with Gasteiger partial charge in [0.2, 0.25) is 0 Å². The van der Waals surface area contributed by atoms with Gasteiger partial charge in [-0.2, -0.15) is 0 Å².